The van der Waals surface area contributed by atoms with E-state index in [2.05, 4.69) is 72.8 Å². The van der Waals surface area contributed by atoms with Crippen molar-refractivity contribution in [1.82, 2.24) is 0 Å². The lowest BCUT2D eigenvalue weighted by atomic mass is 9.97. The van der Waals surface area contributed by atoms with Crippen LogP contribution in [-0.4, -0.2) is 12.1 Å². The van der Waals surface area contributed by atoms with Gasteiger partial charge < -0.3 is 0 Å². The van der Waals surface area contributed by atoms with E-state index in [1.165, 1.54) is 21.5 Å². The molecule has 0 saturated heterocycles. The van der Waals surface area contributed by atoms with Crippen LogP contribution in [0.15, 0.2) is 82.8 Å². The van der Waals surface area contributed by atoms with Crippen LogP contribution in [0.4, 0.5) is 0 Å². The van der Waals surface area contributed by atoms with E-state index in [0.717, 1.165) is 10.7 Å². The van der Waals surface area contributed by atoms with Crippen molar-refractivity contribution in [3.63, 3.8) is 0 Å². The van der Waals surface area contributed by atoms with Crippen molar-refractivity contribution in [2.45, 2.75) is 25.9 Å². The molecule has 0 bridgehead atoms. The Morgan fingerprint density at radius 2 is 0.958 bits per heavy atom. The lowest BCUT2D eigenvalue weighted by molar-refractivity contribution is 0.650. The summed E-state index contributed by atoms with van der Waals surface area (Å²) in [7, 11) is 0. The van der Waals surface area contributed by atoms with Gasteiger partial charge in [0.25, 0.3) is 0 Å². The summed E-state index contributed by atoms with van der Waals surface area (Å²) in [5, 5.41) is 6.97. The van der Waals surface area contributed by atoms with Gasteiger partial charge >= 0.3 is 0 Å². The maximum absolute atomic E-state index is 5.01. The molecular formula is C22H20N2. The van der Waals surface area contributed by atoms with Gasteiger partial charge in [0.1, 0.15) is 0 Å². The van der Waals surface area contributed by atoms with E-state index in [9.17, 15) is 0 Å². The first-order valence-electron chi connectivity index (χ1n) is 8.62. The normalized spacial score (nSPS) is 20.4. The van der Waals surface area contributed by atoms with Crippen LogP contribution in [0, 0.1) is 0 Å². The molecule has 0 N–H and O–H groups in total. The summed E-state index contributed by atoms with van der Waals surface area (Å²) in [6, 6.07) is 17.3. The highest BCUT2D eigenvalue weighted by Crippen LogP contribution is 2.22. The Bertz CT molecular complexity index is 1000. The Kier molecular flexibility index (Phi) is 3.73. The fourth-order valence-electron chi connectivity index (χ4n) is 3.49. The van der Waals surface area contributed by atoms with Gasteiger partial charge in [0, 0.05) is 10.8 Å². The van der Waals surface area contributed by atoms with Gasteiger partial charge in [-0.2, -0.15) is 0 Å². The van der Waals surface area contributed by atoms with E-state index >= 15 is 0 Å². The van der Waals surface area contributed by atoms with E-state index in [1.54, 1.807) is 0 Å². The van der Waals surface area contributed by atoms with Crippen molar-refractivity contribution in [3.05, 3.63) is 83.5 Å². The molecule has 0 spiro atoms. The standard InChI is InChI=1S/C20H14N2.C2H6/c1-3-9-15-13(7-1)14-8-2-4-10-16(14)20-19(15)21-17-11-5-6-12-18(17)22-20;1-2/h1-12,17-18H;1-2H3. The highest BCUT2D eigenvalue weighted by Gasteiger charge is 2.21. The summed E-state index contributed by atoms with van der Waals surface area (Å²) in [6.45, 7) is 4.00. The molecule has 3 aromatic carbocycles. The average molecular weight is 312 g/mol. The van der Waals surface area contributed by atoms with Crippen LogP contribution in [0.25, 0.3) is 21.5 Å². The Hall–Kier alpha value is -2.74. The van der Waals surface area contributed by atoms with Crippen molar-refractivity contribution in [2.24, 2.45) is 9.98 Å². The number of hydrogen-bond acceptors (Lipinski definition) is 2. The summed E-state index contributed by atoms with van der Waals surface area (Å²) < 4.78 is 0. The van der Waals surface area contributed by atoms with Gasteiger partial charge in [-0.1, -0.05) is 86.7 Å². The molecule has 2 nitrogen and oxygen atoms in total. The van der Waals surface area contributed by atoms with Crippen molar-refractivity contribution in [2.75, 3.05) is 0 Å². The van der Waals surface area contributed by atoms with Gasteiger partial charge in [0.05, 0.1) is 22.8 Å². The molecule has 2 unspecified atom stereocenters. The Balaban J connectivity index is 0.000000704. The first kappa shape index (κ1) is 14.8. The molecule has 2 aliphatic rings. The summed E-state index contributed by atoms with van der Waals surface area (Å²) in [5.74, 6) is 0. The number of hydrogen-bond donors (Lipinski definition) is 0. The van der Waals surface area contributed by atoms with Gasteiger partial charge in [-0.25, -0.2) is 0 Å². The van der Waals surface area contributed by atoms with Gasteiger partial charge in [-0.15, -0.1) is 0 Å². The van der Waals surface area contributed by atoms with Crippen LogP contribution in [0.3, 0.4) is 0 Å². The van der Waals surface area contributed by atoms with E-state index in [1.807, 2.05) is 13.8 Å². The zero-order valence-corrected chi connectivity index (χ0v) is 14.0. The zero-order valence-electron chi connectivity index (χ0n) is 14.0. The van der Waals surface area contributed by atoms with Gasteiger partial charge in [-0.05, 0) is 10.8 Å². The predicted molar refractivity (Wildman–Crippen MR) is 101 cm³/mol. The van der Waals surface area contributed by atoms with E-state index in [-0.39, 0.29) is 12.1 Å². The molecule has 0 amide bonds. The van der Waals surface area contributed by atoms with Crippen LogP contribution in [0.1, 0.15) is 13.8 Å². The minimum absolute atomic E-state index is 0.127. The maximum Gasteiger partial charge on any atom is 0.0950 e. The van der Waals surface area contributed by atoms with Crippen LogP contribution in [-0.2, 0) is 0 Å². The molecule has 5 rings (SSSR count). The molecule has 3 aromatic rings. The minimum atomic E-state index is 0.127. The lowest BCUT2D eigenvalue weighted by Gasteiger charge is -2.21. The SMILES string of the molecule is C1=CC2N=c3c(c4ccccc4c4ccccc34)=NC2C=C1.CC. The minimum Gasteiger partial charge on any atom is -0.272 e. The van der Waals surface area contributed by atoms with Crippen molar-refractivity contribution in [1.29, 1.82) is 0 Å². The van der Waals surface area contributed by atoms with E-state index in [0.29, 0.717) is 0 Å². The molecule has 2 heteroatoms. The fraction of sp³-hybridized carbons (Fsp3) is 0.182. The number of benzene rings is 3. The van der Waals surface area contributed by atoms with Crippen LogP contribution in [0.5, 0.6) is 0 Å². The topological polar surface area (TPSA) is 24.7 Å². The Morgan fingerprint density at radius 1 is 0.583 bits per heavy atom. The molecule has 0 saturated carbocycles. The van der Waals surface area contributed by atoms with Crippen molar-refractivity contribution < 1.29 is 0 Å². The smallest absolute Gasteiger partial charge is 0.0950 e. The molecule has 24 heavy (non-hydrogen) atoms. The van der Waals surface area contributed by atoms with E-state index in [4.69, 9.17) is 9.98 Å². The third-order valence-corrected chi connectivity index (χ3v) is 4.51. The maximum atomic E-state index is 5.01. The van der Waals surface area contributed by atoms with Crippen molar-refractivity contribution in [3.8, 4) is 0 Å². The molecule has 0 radical (unpaired) electrons. The van der Waals surface area contributed by atoms with Crippen LogP contribution >= 0.6 is 0 Å². The van der Waals surface area contributed by atoms with Gasteiger partial charge in [-0.3, -0.25) is 9.98 Å². The number of fused-ring (bicyclic) bond motifs is 7. The molecule has 2 atom stereocenters. The quantitative estimate of drug-likeness (QED) is 0.558. The third kappa shape index (κ3) is 2.18. The molecular weight excluding hydrogens is 292 g/mol. The lowest BCUT2D eigenvalue weighted by Crippen LogP contribution is -2.39. The molecule has 1 aliphatic heterocycles. The van der Waals surface area contributed by atoms with Crippen LogP contribution in [0.2, 0.25) is 0 Å². The number of nitrogens with zero attached hydrogens (tertiary/aromatic N) is 2. The molecule has 0 aromatic heterocycles. The second-order valence-corrected chi connectivity index (χ2v) is 5.80. The van der Waals surface area contributed by atoms with E-state index < -0.39 is 0 Å². The third-order valence-electron chi connectivity index (χ3n) is 4.51. The predicted octanol–water partition coefficient (Wildman–Crippen LogP) is 4.14. The first-order chi connectivity index (χ1) is 11.9. The van der Waals surface area contributed by atoms with Crippen LogP contribution < -0.4 is 10.7 Å². The Labute approximate surface area is 141 Å². The fourth-order valence-corrected chi connectivity index (χ4v) is 3.49. The van der Waals surface area contributed by atoms with Crippen molar-refractivity contribution >= 4 is 21.5 Å². The van der Waals surface area contributed by atoms with Gasteiger partial charge in [0.15, 0.2) is 0 Å². The largest absolute Gasteiger partial charge is 0.272 e. The number of allylic oxidation sites excluding steroid dienone is 2. The zero-order chi connectivity index (χ0) is 16.5. The second kappa shape index (κ2) is 6.04. The summed E-state index contributed by atoms with van der Waals surface area (Å²) >= 11 is 0. The molecule has 118 valence electrons. The highest BCUT2D eigenvalue weighted by atomic mass is 14.9. The average Bonchev–Trinajstić information content (AvgIpc) is 2.68. The first-order valence-corrected chi connectivity index (χ1v) is 8.62. The Morgan fingerprint density at radius 3 is 1.38 bits per heavy atom. The second-order valence-electron chi connectivity index (χ2n) is 5.80. The molecule has 1 aliphatic carbocycles. The monoisotopic (exact) mass is 312 g/mol. The summed E-state index contributed by atoms with van der Waals surface area (Å²) in [5.41, 5.74) is 0. The summed E-state index contributed by atoms with van der Waals surface area (Å²) in [6.07, 6.45) is 8.41. The molecule has 1 heterocycles. The summed E-state index contributed by atoms with van der Waals surface area (Å²) in [4.78, 5) is 10.0. The van der Waals surface area contributed by atoms with Gasteiger partial charge in [0.2, 0.25) is 0 Å². The molecule has 0 fully saturated rings. The number of rotatable bonds is 0. The highest BCUT2D eigenvalue weighted by molar-refractivity contribution is 6.07.